The van der Waals surface area contributed by atoms with Crippen molar-refractivity contribution in [1.29, 1.82) is 0 Å². The van der Waals surface area contributed by atoms with Gasteiger partial charge in [0.15, 0.2) is 5.89 Å². The Morgan fingerprint density at radius 1 is 1.14 bits per heavy atom. The zero-order valence-corrected chi connectivity index (χ0v) is 17.3. The molecule has 156 valence electrons. The van der Waals surface area contributed by atoms with E-state index >= 15 is 0 Å². The van der Waals surface area contributed by atoms with Gasteiger partial charge in [-0.1, -0.05) is 30.3 Å². The molecule has 0 N–H and O–H groups in total. The third-order valence-corrected chi connectivity index (χ3v) is 7.58. The minimum absolute atomic E-state index is 0.0511. The molecular weight excluding hydrogens is 390 g/mol. The monoisotopic (exact) mass is 417 g/mol. The Kier molecular flexibility index (Phi) is 6.01. The van der Waals surface area contributed by atoms with Crippen molar-refractivity contribution >= 4 is 15.9 Å². The second-order valence-electron chi connectivity index (χ2n) is 7.86. The van der Waals surface area contributed by atoms with Gasteiger partial charge in [0.1, 0.15) is 5.76 Å². The van der Waals surface area contributed by atoms with Crippen molar-refractivity contribution in [3.8, 4) is 0 Å². The van der Waals surface area contributed by atoms with Crippen LogP contribution >= 0.6 is 0 Å². The lowest BCUT2D eigenvalue weighted by molar-refractivity contribution is -0.132. The zero-order valence-electron chi connectivity index (χ0n) is 16.5. The number of sulfonamides is 1. The van der Waals surface area contributed by atoms with E-state index in [-0.39, 0.29) is 24.1 Å². The van der Waals surface area contributed by atoms with Gasteiger partial charge in [0, 0.05) is 26.1 Å². The maximum absolute atomic E-state index is 12.7. The molecule has 4 rings (SSSR count). The summed E-state index contributed by atoms with van der Waals surface area (Å²) in [6.45, 7) is 1.56. The molecule has 0 spiro atoms. The SMILES string of the molecule is O=C(CN1CCCCS1(=O)=O)N1CCC[C@H](c2ncc(Cc3ccccc3)o2)C1. The van der Waals surface area contributed by atoms with E-state index in [0.29, 0.717) is 38.4 Å². The Labute approximate surface area is 171 Å². The van der Waals surface area contributed by atoms with Crippen molar-refractivity contribution in [2.24, 2.45) is 0 Å². The predicted octanol–water partition coefficient (Wildman–Crippen LogP) is 2.40. The summed E-state index contributed by atoms with van der Waals surface area (Å²) in [6, 6.07) is 10.1. The summed E-state index contributed by atoms with van der Waals surface area (Å²) >= 11 is 0. The van der Waals surface area contributed by atoms with Crippen LogP contribution in [0.3, 0.4) is 0 Å². The van der Waals surface area contributed by atoms with Crippen LogP contribution in [0.1, 0.15) is 48.8 Å². The molecule has 2 aromatic rings. The van der Waals surface area contributed by atoms with Crippen molar-refractivity contribution in [2.75, 3.05) is 31.9 Å². The summed E-state index contributed by atoms with van der Waals surface area (Å²) in [5.41, 5.74) is 1.17. The van der Waals surface area contributed by atoms with E-state index in [9.17, 15) is 13.2 Å². The summed E-state index contributed by atoms with van der Waals surface area (Å²) in [6.07, 6.45) is 5.72. The summed E-state index contributed by atoms with van der Waals surface area (Å²) < 4.78 is 31.7. The van der Waals surface area contributed by atoms with E-state index < -0.39 is 10.0 Å². The Balaban J connectivity index is 1.37. The van der Waals surface area contributed by atoms with Crippen molar-refractivity contribution in [3.63, 3.8) is 0 Å². The molecule has 29 heavy (non-hydrogen) atoms. The maximum Gasteiger partial charge on any atom is 0.237 e. The number of carbonyl (C=O) groups excluding carboxylic acids is 1. The fourth-order valence-electron chi connectivity index (χ4n) is 4.06. The van der Waals surface area contributed by atoms with Gasteiger partial charge in [0.2, 0.25) is 15.9 Å². The number of benzene rings is 1. The minimum Gasteiger partial charge on any atom is -0.445 e. The smallest absolute Gasteiger partial charge is 0.237 e. The number of hydrogen-bond acceptors (Lipinski definition) is 5. The molecule has 8 heteroatoms. The molecule has 1 aromatic heterocycles. The summed E-state index contributed by atoms with van der Waals surface area (Å²) in [5.74, 6) is 1.54. The Hall–Kier alpha value is -2.19. The summed E-state index contributed by atoms with van der Waals surface area (Å²) in [7, 11) is -3.29. The number of piperidine rings is 1. The molecule has 1 atom stereocenters. The average molecular weight is 418 g/mol. The number of hydrogen-bond donors (Lipinski definition) is 0. The lowest BCUT2D eigenvalue weighted by atomic mass is 9.98. The van der Waals surface area contributed by atoms with E-state index in [1.54, 1.807) is 11.1 Å². The van der Waals surface area contributed by atoms with Crippen molar-refractivity contribution < 1.29 is 17.6 Å². The van der Waals surface area contributed by atoms with Crippen LogP contribution in [0, 0.1) is 0 Å². The Bertz CT molecular complexity index is 942. The third-order valence-electron chi connectivity index (χ3n) is 5.68. The van der Waals surface area contributed by atoms with Gasteiger partial charge < -0.3 is 9.32 Å². The van der Waals surface area contributed by atoms with Gasteiger partial charge in [0.05, 0.1) is 24.4 Å². The van der Waals surface area contributed by atoms with Gasteiger partial charge in [-0.25, -0.2) is 13.4 Å². The highest BCUT2D eigenvalue weighted by Gasteiger charge is 2.32. The normalized spacial score (nSPS) is 22.5. The summed E-state index contributed by atoms with van der Waals surface area (Å²) in [5, 5.41) is 0. The molecule has 7 nitrogen and oxygen atoms in total. The molecule has 3 heterocycles. The van der Waals surface area contributed by atoms with Crippen LogP contribution in [0.25, 0.3) is 0 Å². The number of oxazole rings is 1. The van der Waals surface area contributed by atoms with Gasteiger partial charge in [-0.2, -0.15) is 4.31 Å². The zero-order chi connectivity index (χ0) is 20.3. The van der Waals surface area contributed by atoms with Crippen molar-refractivity contribution in [2.45, 2.75) is 38.0 Å². The van der Waals surface area contributed by atoms with Crippen LogP contribution < -0.4 is 0 Å². The van der Waals surface area contributed by atoms with Gasteiger partial charge in [-0.3, -0.25) is 4.79 Å². The van der Waals surface area contributed by atoms with E-state index in [0.717, 1.165) is 25.0 Å². The lowest BCUT2D eigenvalue weighted by Gasteiger charge is -2.33. The molecular formula is C21H27N3O4S. The first kappa shape index (κ1) is 20.1. The van der Waals surface area contributed by atoms with Crippen LogP contribution in [0.5, 0.6) is 0 Å². The number of carbonyl (C=O) groups is 1. The lowest BCUT2D eigenvalue weighted by Crippen LogP contribution is -2.48. The van der Waals surface area contributed by atoms with Gasteiger partial charge in [-0.05, 0) is 31.2 Å². The van der Waals surface area contributed by atoms with Crippen LogP contribution in [-0.4, -0.2) is 60.4 Å². The standard InChI is InChI=1S/C21H27N3O4S/c25-20(16-24-11-4-5-12-29(24,26)27)23-10-6-9-18(15-23)21-22-14-19(28-21)13-17-7-2-1-3-8-17/h1-3,7-8,14,18H,4-6,9-13,15-16H2/t18-/m0/s1. The number of rotatable bonds is 5. The molecule has 0 saturated carbocycles. The molecule has 2 aliphatic heterocycles. The maximum atomic E-state index is 12.7. The number of nitrogens with zero attached hydrogens (tertiary/aromatic N) is 3. The van der Waals surface area contributed by atoms with Crippen LogP contribution in [0.15, 0.2) is 40.9 Å². The molecule has 1 amide bonds. The quantitative estimate of drug-likeness (QED) is 0.746. The Morgan fingerprint density at radius 2 is 1.97 bits per heavy atom. The fourth-order valence-corrected chi connectivity index (χ4v) is 5.61. The van der Waals surface area contributed by atoms with Crippen LogP contribution in [0.2, 0.25) is 0 Å². The highest BCUT2D eigenvalue weighted by Crippen LogP contribution is 2.27. The topological polar surface area (TPSA) is 83.7 Å². The fraction of sp³-hybridized carbons (Fsp3) is 0.524. The summed E-state index contributed by atoms with van der Waals surface area (Å²) in [4.78, 5) is 19.0. The van der Waals surface area contributed by atoms with Gasteiger partial charge in [-0.15, -0.1) is 0 Å². The number of amides is 1. The van der Waals surface area contributed by atoms with Crippen LogP contribution in [-0.2, 0) is 21.2 Å². The predicted molar refractivity (Wildman–Crippen MR) is 109 cm³/mol. The molecule has 0 bridgehead atoms. The van der Waals surface area contributed by atoms with E-state index in [1.165, 1.54) is 9.87 Å². The molecule has 0 radical (unpaired) electrons. The van der Waals surface area contributed by atoms with E-state index in [4.69, 9.17) is 4.42 Å². The van der Waals surface area contributed by atoms with E-state index in [1.807, 2.05) is 18.2 Å². The highest BCUT2D eigenvalue weighted by molar-refractivity contribution is 7.89. The minimum atomic E-state index is -3.29. The number of likely N-dealkylation sites (tertiary alicyclic amines) is 1. The van der Waals surface area contributed by atoms with E-state index in [2.05, 4.69) is 17.1 Å². The molecule has 1 aromatic carbocycles. The molecule has 2 fully saturated rings. The highest BCUT2D eigenvalue weighted by atomic mass is 32.2. The Morgan fingerprint density at radius 3 is 2.76 bits per heavy atom. The molecule has 2 saturated heterocycles. The third kappa shape index (κ3) is 4.87. The van der Waals surface area contributed by atoms with Crippen molar-refractivity contribution in [3.05, 3.63) is 53.7 Å². The van der Waals surface area contributed by atoms with Crippen molar-refractivity contribution in [1.82, 2.24) is 14.2 Å². The second-order valence-corrected chi connectivity index (χ2v) is 9.95. The van der Waals surface area contributed by atoms with Gasteiger partial charge >= 0.3 is 0 Å². The number of aromatic nitrogens is 1. The first-order chi connectivity index (χ1) is 14.0. The first-order valence-electron chi connectivity index (χ1n) is 10.3. The molecule has 0 unspecified atom stereocenters. The average Bonchev–Trinajstić information content (AvgIpc) is 3.19. The van der Waals surface area contributed by atoms with Crippen LogP contribution in [0.4, 0.5) is 0 Å². The largest absolute Gasteiger partial charge is 0.445 e. The molecule has 0 aliphatic carbocycles. The first-order valence-corrected chi connectivity index (χ1v) is 11.9. The molecule has 2 aliphatic rings. The second kappa shape index (κ2) is 8.67. The van der Waals surface area contributed by atoms with Gasteiger partial charge in [0.25, 0.3) is 0 Å².